The van der Waals surface area contributed by atoms with E-state index in [9.17, 15) is 19.2 Å². The number of carbonyl (C=O) groups is 4. The van der Waals surface area contributed by atoms with Gasteiger partial charge in [0.15, 0.2) is 0 Å². The minimum Gasteiger partial charge on any atom is -0.465 e. The Morgan fingerprint density at radius 3 is 2.45 bits per heavy atom. The molecular weight excluding hydrogens is 264 g/mol. The highest BCUT2D eigenvalue weighted by Crippen LogP contribution is 2.15. The molecule has 0 atom stereocenters. The van der Waals surface area contributed by atoms with Crippen LogP contribution in [0.25, 0.3) is 0 Å². The maximum atomic E-state index is 11.7. The van der Waals surface area contributed by atoms with Crippen LogP contribution in [0.1, 0.15) is 15.9 Å². The zero-order valence-electron chi connectivity index (χ0n) is 11.0. The topological polar surface area (TPSA) is 84.0 Å². The molecule has 7 nitrogen and oxygen atoms in total. The first-order chi connectivity index (χ1) is 9.45. The largest absolute Gasteiger partial charge is 0.465 e. The summed E-state index contributed by atoms with van der Waals surface area (Å²) >= 11 is 0. The highest BCUT2D eigenvalue weighted by atomic mass is 16.5. The maximum Gasteiger partial charge on any atom is 0.337 e. The molecule has 0 aromatic heterocycles. The monoisotopic (exact) mass is 276 g/mol. The zero-order chi connectivity index (χ0) is 14.9. The Morgan fingerprint density at radius 2 is 1.90 bits per heavy atom. The normalized spacial score (nSPS) is 15.0. The van der Waals surface area contributed by atoms with E-state index < -0.39 is 23.8 Å². The van der Waals surface area contributed by atoms with Crippen LogP contribution in [0.15, 0.2) is 24.3 Å². The van der Waals surface area contributed by atoms with Gasteiger partial charge in [0.2, 0.25) is 0 Å². The molecule has 1 aliphatic rings. The molecule has 20 heavy (non-hydrogen) atoms. The lowest BCUT2D eigenvalue weighted by Crippen LogP contribution is -2.31. The average molecular weight is 276 g/mol. The number of imide groups is 2. The molecule has 1 fully saturated rings. The van der Waals surface area contributed by atoms with Gasteiger partial charge in [0.05, 0.1) is 19.2 Å². The van der Waals surface area contributed by atoms with Crippen molar-refractivity contribution in [3.05, 3.63) is 35.4 Å². The number of nitrogens with zero attached hydrogens (tertiary/aromatic N) is 2. The van der Waals surface area contributed by atoms with Crippen molar-refractivity contribution >= 4 is 23.8 Å². The Labute approximate surface area is 114 Å². The molecule has 1 heterocycles. The standard InChI is InChI=1S/C13H12N2O5/c1-14-10(16)11(17)15(13(14)19)7-8-4-3-5-9(6-8)12(18)20-2/h3-6H,7H2,1-2H3. The van der Waals surface area contributed by atoms with Crippen molar-refractivity contribution in [2.45, 2.75) is 6.54 Å². The van der Waals surface area contributed by atoms with Crippen LogP contribution in [-0.2, 0) is 20.9 Å². The molecule has 1 aliphatic heterocycles. The first kappa shape index (κ1) is 13.7. The lowest BCUT2D eigenvalue weighted by Gasteiger charge is -2.13. The number of likely N-dealkylation sites (N-methyl/N-ethyl adjacent to an activating group) is 1. The molecule has 0 saturated carbocycles. The van der Waals surface area contributed by atoms with Crippen molar-refractivity contribution in [2.75, 3.05) is 14.2 Å². The summed E-state index contributed by atoms with van der Waals surface area (Å²) in [6.45, 7) is -0.0709. The Morgan fingerprint density at radius 1 is 1.20 bits per heavy atom. The van der Waals surface area contributed by atoms with E-state index in [-0.39, 0.29) is 6.54 Å². The van der Waals surface area contributed by atoms with Gasteiger partial charge in [-0.1, -0.05) is 12.1 Å². The number of rotatable bonds is 3. The summed E-state index contributed by atoms with van der Waals surface area (Å²) in [4.78, 5) is 47.7. The summed E-state index contributed by atoms with van der Waals surface area (Å²) in [7, 11) is 2.50. The predicted octanol–water partition coefficient (Wildman–Crippen LogP) is 0.394. The van der Waals surface area contributed by atoms with Crippen molar-refractivity contribution in [3.63, 3.8) is 0 Å². The highest BCUT2D eigenvalue weighted by molar-refractivity contribution is 6.44. The van der Waals surface area contributed by atoms with E-state index in [1.807, 2.05) is 0 Å². The van der Waals surface area contributed by atoms with E-state index in [1.165, 1.54) is 20.2 Å². The third-order valence-electron chi connectivity index (χ3n) is 2.94. The fourth-order valence-corrected chi connectivity index (χ4v) is 1.85. The van der Waals surface area contributed by atoms with Gasteiger partial charge in [-0.25, -0.2) is 9.59 Å². The van der Waals surface area contributed by atoms with Gasteiger partial charge in [-0.05, 0) is 17.7 Å². The summed E-state index contributed by atoms with van der Waals surface area (Å²) in [5.41, 5.74) is 0.862. The third-order valence-corrected chi connectivity index (χ3v) is 2.94. The summed E-state index contributed by atoms with van der Waals surface area (Å²) < 4.78 is 4.59. The van der Waals surface area contributed by atoms with Crippen LogP contribution in [0.5, 0.6) is 0 Å². The molecule has 0 unspecified atom stereocenters. The number of urea groups is 1. The number of hydrogen-bond acceptors (Lipinski definition) is 5. The van der Waals surface area contributed by atoms with E-state index in [0.717, 1.165) is 9.80 Å². The Bertz CT molecular complexity index is 611. The van der Waals surface area contributed by atoms with Gasteiger partial charge in [0, 0.05) is 7.05 Å². The Balaban J connectivity index is 2.23. The van der Waals surface area contributed by atoms with Crippen LogP contribution in [0, 0.1) is 0 Å². The molecule has 0 bridgehead atoms. The van der Waals surface area contributed by atoms with Gasteiger partial charge in [-0.2, -0.15) is 0 Å². The summed E-state index contributed by atoms with van der Waals surface area (Å²) in [5, 5.41) is 0. The molecule has 104 valence electrons. The molecule has 0 N–H and O–H groups in total. The molecule has 1 saturated heterocycles. The van der Waals surface area contributed by atoms with Crippen molar-refractivity contribution in [1.82, 2.24) is 9.80 Å². The molecule has 0 radical (unpaired) electrons. The molecule has 2 rings (SSSR count). The molecule has 1 aromatic rings. The lowest BCUT2D eigenvalue weighted by molar-refractivity contribution is -0.143. The van der Waals surface area contributed by atoms with Gasteiger partial charge in [-0.15, -0.1) is 0 Å². The fourth-order valence-electron chi connectivity index (χ4n) is 1.85. The fraction of sp³-hybridized carbons (Fsp3) is 0.231. The first-order valence-corrected chi connectivity index (χ1v) is 5.76. The Kier molecular flexibility index (Phi) is 3.51. The minimum atomic E-state index is -0.874. The number of benzene rings is 1. The SMILES string of the molecule is COC(=O)c1cccc(CN2C(=O)C(=O)N(C)C2=O)c1. The number of methoxy groups -OCH3 is 1. The molecule has 0 spiro atoms. The summed E-state index contributed by atoms with van der Waals surface area (Å²) in [6, 6.07) is 5.65. The summed E-state index contributed by atoms with van der Waals surface area (Å²) in [5.74, 6) is -2.25. The molecular formula is C13H12N2O5. The number of hydrogen-bond donors (Lipinski definition) is 0. The van der Waals surface area contributed by atoms with Gasteiger partial charge in [-0.3, -0.25) is 19.4 Å². The van der Waals surface area contributed by atoms with E-state index in [2.05, 4.69) is 4.74 Å². The van der Waals surface area contributed by atoms with Crippen LogP contribution in [0.2, 0.25) is 0 Å². The van der Waals surface area contributed by atoms with Crippen LogP contribution >= 0.6 is 0 Å². The van der Waals surface area contributed by atoms with Crippen LogP contribution in [0.3, 0.4) is 0 Å². The molecule has 1 aromatic carbocycles. The van der Waals surface area contributed by atoms with Gasteiger partial charge >= 0.3 is 23.8 Å². The summed E-state index contributed by atoms with van der Waals surface area (Å²) in [6.07, 6.45) is 0. The number of carbonyl (C=O) groups excluding carboxylic acids is 4. The smallest absolute Gasteiger partial charge is 0.337 e. The molecule has 4 amide bonds. The zero-order valence-corrected chi connectivity index (χ0v) is 11.0. The van der Waals surface area contributed by atoms with Gasteiger partial charge in [0.1, 0.15) is 0 Å². The number of ether oxygens (including phenoxy) is 1. The van der Waals surface area contributed by atoms with E-state index in [1.54, 1.807) is 18.2 Å². The predicted molar refractivity (Wildman–Crippen MR) is 66.5 cm³/mol. The second-order valence-corrected chi connectivity index (χ2v) is 4.23. The van der Waals surface area contributed by atoms with E-state index >= 15 is 0 Å². The van der Waals surface area contributed by atoms with Gasteiger partial charge < -0.3 is 4.74 Å². The first-order valence-electron chi connectivity index (χ1n) is 5.76. The molecule has 0 aliphatic carbocycles. The number of amides is 4. The lowest BCUT2D eigenvalue weighted by atomic mass is 10.1. The van der Waals surface area contributed by atoms with Crippen LogP contribution < -0.4 is 0 Å². The van der Waals surface area contributed by atoms with Crippen molar-refractivity contribution in [3.8, 4) is 0 Å². The highest BCUT2D eigenvalue weighted by Gasteiger charge is 2.41. The van der Waals surface area contributed by atoms with Crippen molar-refractivity contribution in [1.29, 1.82) is 0 Å². The number of esters is 1. The van der Waals surface area contributed by atoms with Gasteiger partial charge in [0.25, 0.3) is 0 Å². The second-order valence-electron chi connectivity index (χ2n) is 4.23. The van der Waals surface area contributed by atoms with Crippen molar-refractivity contribution < 1.29 is 23.9 Å². The average Bonchev–Trinajstić information content (AvgIpc) is 2.64. The maximum absolute atomic E-state index is 11.7. The Hall–Kier alpha value is -2.70. The van der Waals surface area contributed by atoms with Crippen molar-refractivity contribution in [2.24, 2.45) is 0 Å². The second kappa shape index (κ2) is 5.12. The third kappa shape index (κ3) is 2.25. The molecule has 7 heteroatoms. The minimum absolute atomic E-state index is 0.0709. The van der Waals surface area contributed by atoms with E-state index in [0.29, 0.717) is 11.1 Å². The van der Waals surface area contributed by atoms with E-state index in [4.69, 9.17) is 0 Å². The van der Waals surface area contributed by atoms with Crippen LogP contribution in [0.4, 0.5) is 4.79 Å². The van der Waals surface area contributed by atoms with Crippen LogP contribution in [-0.4, -0.2) is 47.8 Å². The quantitative estimate of drug-likeness (QED) is 0.453.